The number of phenolic OH excluding ortho intramolecular Hbond substituents is 1. The largest absolute Gasteiger partial charge is 0.508 e. The molecule has 0 spiro atoms. The topological polar surface area (TPSA) is 57.5 Å². The highest BCUT2D eigenvalue weighted by Crippen LogP contribution is 2.40. The Morgan fingerprint density at radius 2 is 1.86 bits per heavy atom. The number of Topliss-reactive ketones (excluding diaryl/α,β-unsaturated/α-hetero) is 1. The molecule has 1 aliphatic heterocycles. The van der Waals surface area contributed by atoms with Gasteiger partial charge in [-0.25, -0.2) is 0 Å². The van der Waals surface area contributed by atoms with Gasteiger partial charge in [0.2, 0.25) is 0 Å². The minimum absolute atomic E-state index is 0.126. The van der Waals surface area contributed by atoms with Crippen LogP contribution in [0, 0.1) is 0 Å². The van der Waals surface area contributed by atoms with Gasteiger partial charge < -0.3 is 10.2 Å². The summed E-state index contributed by atoms with van der Waals surface area (Å²) in [5.74, 6) is 0.331. The van der Waals surface area contributed by atoms with Gasteiger partial charge >= 0.3 is 0 Å². The van der Waals surface area contributed by atoms with Crippen molar-refractivity contribution in [1.29, 1.82) is 0 Å². The molecule has 3 rings (SSSR count). The van der Waals surface area contributed by atoms with Crippen LogP contribution in [0.3, 0.4) is 0 Å². The van der Waals surface area contributed by atoms with Crippen molar-refractivity contribution in [3.05, 3.63) is 81.7 Å². The van der Waals surface area contributed by atoms with E-state index in [2.05, 4.69) is 5.73 Å². The summed E-state index contributed by atoms with van der Waals surface area (Å²) in [6, 6.07) is 7.12. The fourth-order valence-corrected chi connectivity index (χ4v) is 5.15. The second-order valence-electron chi connectivity index (χ2n) is 6.12. The van der Waals surface area contributed by atoms with Gasteiger partial charge in [0.1, 0.15) is 15.7 Å². The molecule has 1 aromatic rings. The Hall–Kier alpha value is -2.11. The SMILES string of the molecule is CSC1=C=CC(O)=CC=C1C(C1=CCC(=O)C(SC)=S=C1)c1ccc(O)cc1. The lowest BCUT2D eigenvalue weighted by atomic mass is 9.84. The van der Waals surface area contributed by atoms with Crippen molar-refractivity contribution in [3.8, 4) is 5.75 Å². The first kappa shape index (κ1) is 20.6. The molecule has 28 heavy (non-hydrogen) atoms. The lowest BCUT2D eigenvalue weighted by Crippen LogP contribution is -2.09. The zero-order valence-corrected chi connectivity index (χ0v) is 18.0. The van der Waals surface area contributed by atoms with E-state index in [4.69, 9.17) is 0 Å². The van der Waals surface area contributed by atoms with Crippen LogP contribution < -0.4 is 0 Å². The lowest BCUT2D eigenvalue weighted by molar-refractivity contribution is -0.111. The Morgan fingerprint density at radius 1 is 1.11 bits per heavy atom. The zero-order valence-electron chi connectivity index (χ0n) is 15.5. The second kappa shape index (κ2) is 9.39. The van der Waals surface area contributed by atoms with Crippen molar-refractivity contribution in [2.75, 3.05) is 12.5 Å². The van der Waals surface area contributed by atoms with Crippen molar-refractivity contribution in [2.45, 2.75) is 12.3 Å². The van der Waals surface area contributed by atoms with Crippen molar-refractivity contribution in [2.24, 2.45) is 0 Å². The normalized spacial score (nSPS) is 17.9. The number of benzene rings is 1. The maximum Gasteiger partial charge on any atom is 0.182 e. The fraction of sp³-hybridized carbons (Fsp3) is 0.182. The molecule has 1 atom stereocenters. The van der Waals surface area contributed by atoms with Crippen LogP contribution in [0.4, 0.5) is 0 Å². The molecule has 0 amide bonds. The molecule has 1 unspecified atom stereocenters. The van der Waals surface area contributed by atoms with Gasteiger partial charge in [0.15, 0.2) is 5.78 Å². The van der Waals surface area contributed by atoms with Crippen LogP contribution in [0.1, 0.15) is 17.9 Å². The van der Waals surface area contributed by atoms with Crippen molar-refractivity contribution >= 4 is 49.8 Å². The molecule has 3 nitrogen and oxygen atoms in total. The fourth-order valence-electron chi connectivity index (χ4n) is 3.02. The van der Waals surface area contributed by atoms with E-state index in [9.17, 15) is 15.0 Å². The molecular formula is C22H20O3S3. The molecule has 1 aromatic carbocycles. The first-order valence-electron chi connectivity index (χ1n) is 8.58. The minimum Gasteiger partial charge on any atom is -0.508 e. The predicted molar refractivity (Wildman–Crippen MR) is 125 cm³/mol. The Morgan fingerprint density at radius 3 is 2.54 bits per heavy atom. The monoisotopic (exact) mass is 428 g/mol. The van der Waals surface area contributed by atoms with Crippen LogP contribution in [0.25, 0.3) is 0 Å². The third-order valence-corrected chi connectivity index (χ3v) is 7.34. The summed E-state index contributed by atoms with van der Waals surface area (Å²) >= 11 is 3.03. The zero-order chi connectivity index (χ0) is 20.1. The summed E-state index contributed by atoms with van der Waals surface area (Å²) in [5.41, 5.74) is 6.17. The van der Waals surface area contributed by atoms with Gasteiger partial charge in [-0.05, 0) is 52.8 Å². The molecule has 144 valence electrons. The van der Waals surface area contributed by atoms with Crippen molar-refractivity contribution in [3.63, 3.8) is 0 Å². The lowest BCUT2D eigenvalue weighted by Gasteiger charge is -2.22. The first-order chi connectivity index (χ1) is 13.5. The van der Waals surface area contributed by atoms with Crippen LogP contribution >= 0.6 is 34.5 Å². The highest BCUT2D eigenvalue weighted by Gasteiger charge is 2.24. The number of hydrogen-bond donors (Lipinski definition) is 2. The molecule has 0 saturated heterocycles. The van der Waals surface area contributed by atoms with E-state index >= 15 is 0 Å². The Balaban J connectivity index is 2.20. The number of aliphatic hydroxyl groups excluding tert-OH is 1. The maximum atomic E-state index is 12.3. The van der Waals surface area contributed by atoms with Gasteiger partial charge in [-0.3, -0.25) is 4.79 Å². The maximum absolute atomic E-state index is 12.3. The first-order valence-corrected chi connectivity index (χ1v) is 11.9. The molecule has 0 saturated carbocycles. The number of aromatic hydroxyl groups is 1. The van der Waals surface area contributed by atoms with E-state index in [1.165, 1.54) is 22.7 Å². The van der Waals surface area contributed by atoms with Crippen LogP contribution in [0.2, 0.25) is 0 Å². The van der Waals surface area contributed by atoms with E-state index in [1.807, 2.05) is 42.2 Å². The number of carbonyl (C=O) groups excluding carboxylic acids is 1. The minimum atomic E-state index is -0.146. The molecule has 6 heteroatoms. The van der Waals surface area contributed by atoms with Gasteiger partial charge in [0, 0.05) is 18.4 Å². The van der Waals surface area contributed by atoms with Gasteiger partial charge in [-0.2, -0.15) is 0 Å². The number of phenols is 1. The summed E-state index contributed by atoms with van der Waals surface area (Å²) in [5, 5.41) is 21.7. The Labute approximate surface area is 176 Å². The summed E-state index contributed by atoms with van der Waals surface area (Å²) in [6.07, 6.45) is 11.3. The number of allylic oxidation sites excluding steroid dienone is 5. The number of thioether (sulfide) groups is 2. The number of carbonyl (C=O) groups is 1. The standard InChI is InChI=1S/C22H20O3S3/c1-26-20-12-9-17(24)8-10-18(20)21(14-3-6-16(23)7-4-14)15-5-11-19(25)22(27-2)28-13-15/h3-10,13,21,23-24H,11H2,1-2H3. The molecule has 0 bridgehead atoms. The molecule has 2 N–H and O–H groups in total. The van der Waals surface area contributed by atoms with E-state index in [0.717, 1.165) is 25.8 Å². The summed E-state index contributed by atoms with van der Waals surface area (Å²) in [4.78, 5) is 13.2. The van der Waals surface area contributed by atoms with E-state index in [-0.39, 0.29) is 23.2 Å². The van der Waals surface area contributed by atoms with Crippen molar-refractivity contribution < 1.29 is 15.0 Å². The van der Waals surface area contributed by atoms with E-state index in [1.54, 1.807) is 36.0 Å². The van der Waals surface area contributed by atoms with Crippen LogP contribution in [-0.4, -0.2) is 38.1 Å². The highest BCUT2D eigenvalue weighted by molar-refractivity contribution is 8.28. The predicted octanol–water partition coefficient (Wildman–Crippen LogP) is 5.19. The van der Waals surface area contributed by atoms with Crippen molar-refractivity contribution in [1.82, 2.24) is 0 Å². The molecule has 0 radical (unpaired) electrons. The van der Waals surface area contributed by atoms with Gasteiger partial charge in [0.05, 0.1) is 4.91 Å². The molecule has 1 aliphatic carbocycles. The third-order valence-electron chi connectivity index (χ3n) is 4.36. The second-order valence-corrected chi connectivity index (χ2v) is 8.89. The molecular weight excluding hydrogens is 408 g/mol. The van der Waals surface area contributed by atoms with Crippen LogP contribution in [0.5, 0.6) is 5.75 Å². The van der Waals surface area contributed by atoms with Crippen LogP contribution in [0.15, 0.2) is 76.1 Å². The highest BCUT2D eigenvalue weighted by atomic mass is 32.2. The Bertz CT molecular complexity index is 1010. The van der Waals surface area contributed by atoms with Crippen LogP contribution in [-0.2, 0) is 4.79 Å². The molecule has 0 aromatic heterocycles. The number of hydrogen-bond acceptors (Lipinski definition) is 5. The number of aliphatic hydroxyl groups is 1. The average Bonchev–Trinajstić information content (AvgIpc) is 3.00. The number of rotatable bonds is 4. The van der Waals surface area contributed by atoms with Gasteiger partial charge in [0.25, 0.3) is 0 Å². The Kier molecular flexibility index (Phi) is 6.92. The van der Waals surface area contributed by atoms with Gasteiger partial charge in [-0.15, -0.1) is 40.2 Å². The quantitative estimate of drug-likeness (QED) is 0.511. The van der Waals surface area contributed by atoms with Gasteiger partial charge in [-0.1, -0.05) is 24.3 Å². The summed E-state index contributed by atoms with van der Waals surface area (Å²) < 4.78 is 0.781. The number of ketones is 1. The van der Waals surface area contributed by atoms with E-state index in [0.29, 0.717) is 6.42 Å². The van der Waals surface area contributed by atoms with E-state index < -0.39 is 0 Å². The summed E-state index contributed by atoms with van der Waals surface area (Å²) in [7, 11) is 1.46. The summed E-state index contributed by atoms with van der Waals surface area (Å²) in [6.45, 7) is 0. The average molecular weight is 429 g/mol. The smallest absolute Gasteiger partial charge is 0.182 e. The third kappa shape index (κ3) is 4.65. The molecule has 1 heterocycles. The molecule has 0 fully saturated rings. The molecule has 2 aliphatic rings.